The van der Waals surface area contributed by atoms with Gasteiger partial charge in [-0.1, -0.05) is 77.2 Å². The lowest BCUT2D eigenvalue weighted by Crippen LogP contribution is -1.79. The lowest BCUT2D eigenvalue weighted by Gasteiger charge is -1.97. The van der Waals surface area contributed by atoms with Crippen LogP contribution in [0, 0.1) is 6.07 Å². The molecule has 0 unspecified atom stereocenters. The van der Waals surface area contributed by atoms with Crippen molar-refractivity contribution in [2.24, 2.45) is 0 Å². The van der Waals surface area contributed by atoms with Crippen molar-refractivity contribution in [2.45, 2.75) is 10.1 Å². The molecule has 0 saturated carbocycles. The summed E-state index contributed by atoms with van der Waals surface area (Å²) >= 11 is 9.40. The summed E-state index contributed by atoms with van der Waals surface area (Å²) in [6.07, 6.45) is 0. The molecule has 1 radical (unpaired) electrons. The summed E-state index contributed by atoms with van der Waals surface area (Å²) in [4.78, 5) is 0. The first-order valence-electron chi connectivity index (χ1n) is 6.00. The number of rotatable bonds is 4. The van der Waals surface area contributed by atoms with Gasteiger partial charge in [0.15, 0.2) is 4.34 Å². The first kappa shape index (κ1) is 13.6. The third-order valence-corrected chi connectivity index (χ3v) is 5.10. The van der Waals surface area contributed by atoms with Crippen LogP contribution in [0.5, 0.6) is 0 Å². The predicted molar refractivity (Wildman–Crippen MR) is 85.2 cm³/mol. The van der Waals surface area contributed by atoms with Gasteiger partial charge in [0.25, 0.3) is 0 Å². The van der Waals surface area contributed by atoms with Crippen LogP contribution < -0.4 is 0 Å². The van der Waals surface area contributed by atoms with E-state index in [9.17, 15) is 0 Å². The van der Waals surface area contributed by atoms with E-state index in [1.54, 1.807) is 23.1 Å². The Kier molecular flexibility index (Phi) is 4.35. The number of hydrogen-bond acceptors (Lipinski definition) is 4. The number of aromatic nitrogens is 2. The molecule has 3 aromatic rings. The largest absolute Gasteiger partial charge is 0.174 e. The molecule has 3 rings (SSSR count). The van der Waals surface area contributed by atoms with Crippen LogP contribution in [0.1, 0.15) is 5.56 Å². The Bertz CT molecular complexity index is 698. The lowest BCUT2D eigenvalue weighted by atomic mass is 10.2. The fourth-order valence-corrected chi connectivity index (χ4v) is 3.78. The van der Waals surface area contributed by atoms with Gasteiger partial charge < -0.3 is 0 Å². The van der Waals surface area contributed by atoms with Crippen LogP contribution in [0.2, 0.25) is 5.02 Å². The van der Waals surface area contributed by atoms with Crippen molar-refractivity contribution >= 4 is 34.7 Å². The molecule has 0 saturated heterocycles. The van der Waals surface area contributed by atoms with E-state index in [1.165, 1.54) is 0 Å². The molecular formula is C15H10ClN2S2. The van der Waals surface area contributed by atoms with E-state index in [0.29, 0.717) is 5.02 Å². The zero-order valence-corrected chi connectivity index (χ0v) is 12.8. The molecule has 5 heteroatoms. The minimum absolute atomic E-state index is 0.705. The lowest BCUT2D eigenvalue weighted by molar-refractivity contribution is 1.01. The second kappa shape index (κ2) is 6.39. The number of nitrogens with zero attached hydrogens (tertiary/aromatic N) is 2. The molecule has 0 bridgehead atoms. The average molecular weight is 318 g/mol. The van der Waals surface area contributed by atoms with Crippen LogP contribution in [-0.2, 0) is 5.75 Å². The average Bonchev–Trinajstić information content (AvgIpc) is 2.95. The molecule has 2 nitrogen and oxygen atoms in total. The quantitative estimate of drug-likeness (QED) is 0.637. The van der Waals surface area contributed by atoms with Gasteiger partial charge in [-0.3, -0.25) is 0 Å². The summed E-state index contributed by atoms with van der Waals surface area (Å²) < 4.78 is 0.942. The molecule has 1 aromatic heterocycles. The van der Waals surface area contributed by atoms with Crippen molar-refractivity contribution in [3.8, 4) is 10.6 Å². The molecule has 1 heterocycles. The van der Waals surface area contributed by atoms with E-state index < -0.39 is 0 Å². The van der Waals surface area contributed by atoms with Crippen molar-refractivity contribution in [2.75, 3.05) is 0 Å². The first-order valence-corrected chi connectivity index (χ1v) is 8.18. The molecule has 0 fully saturated rings. The fraction of sp³-hybridized carbons (Fsp3) is 0.0667. The third-order valence-electron chi connectivity index (χ3n) is 2.64. The highest BCUT2D eigenvalue weighted by atomic mass is 35.5. The van der Waals surface area contributed by atoms with E-state index in [1.807, 2.05) is 42.5 Å². The number of thioether (sulfide) groups is 1. The molecule has 0 aliphatic heterocycles. The third kappa shape index (κ3) is 3.20. The van der Waals surface area contributed by atoms with Gasteiger partial charge >= 0.3 is 0 Å². The topological polar surface area (TPSA) is 25.8 Å². The van der Waals surface area contributed by atoms with Gasteiger partial charge in [0, 0.05) is 11.3 Å². The number of hydrogen-bond donors (Lipinski definition) is 0. The van der Waals surface area contributed by atoms with Gasteiger partial charge in [-0.15, -0.1) is 10.2 Å². The SMILES string of the molecule is Clc1ccccc1-c1nnc(SCc2[c]cccc2)s1. The molecule has 2 aromatic carbocycles. The van der Waals surface area contributed by atoms with Crippen LogP contribution in [0.3, 0.4) is 0 Å². The van der Waals surface area contributed by atoms with Gasteiger partial charge in [0.2, 0.25) is 0 Å². The van der Waals surface area contributed by atoms with Crippen molar-refractivity contribution in [3.05, 3.63) is 65.2 Å². The maximum absolute atomic E-state index is 6.17. The second-order valence-electron chi connectivity index (χ2n) is 4.03. The van der Waals surface area contributed by atoms with Gasteiger partial charge in [-0.25, -0.2) is 0 Å². The van der Waals surface area contributed by atoms with Crippen LogP contribution in [0.25, 0.3) is 10.6 Å². The number of benzene rings is 2. The zero-order chi connectivity index (χ0) is 13.8. The monoisotopic (exact) mass is 317 g/mol. The molecule has 0 N–H and O–H groups in total. The van der Waals surface area contributed by atoms with Crippen molar-refractivity contribution in [1.82, 2.24) is 10.2 Å². The van der Waals surface area contributed by atoms with Crippen molar-refractivity contribution in [3.63, 3.8) is 0 Å². The van der Waals surface area contributed by atoms with Crippen molar-refractivity contribution < 1.29 is 0 Å². The summed E-state index contributed by atoms with van der Waals surface area (Å²) in [5, 5.41) is 9.98. The van der Waals surface area contributed by atoms with Crippen LogP contribution in [0.4, 0.5) is 0 Å². The Morgan fingerprint density at radius 1 is 1.10 bits per heavy atom. The Balaban J connectivity index is 1.73. The maximum atomic E-state index is 6.17. The van der Waals surface area contributed by atoms with Gasteiger partial charge in [-0.05, 0) is 17.7 Å². The van der Waals surface area contributed by atoms with Crippen LogP contribution in [0.15, 0.2) is 52.9 Å². The normalized spacial score (nSPS) is 10.7. The Labute approximate surface area is 130 Å². The van der Waals surface area contributed by atoms with E-state index in [2.05, 4.69) is 22.3 Å². The minimum atomic E-state index is 0.705. The number of halogens is 1. The summed E-state index contributed by atoms with van der Waals surface area (Å²) in [5.74, 6) is 0.845. The summed E-state index contributed by atoms with van der Waals surface area (Å²) in [6, 6.07) is 18.9. The molecule has 20 heavy (non-hydrogen) atoms. The van der Waals surface area contributed by atoms with E-state index in [-0.39, 0.29) is 0 Å². The molecule has 99 valence electrons. The van der Waals surface area contributed by atoms with E-state index >= 15 is 0 Å². The highest BCUT2D eigenvalue weighted by molar-refractivity contribution is 8.00. The van der Waals surface area contributed by atoms with Gasteiger partial charge in [-0.2, -0.15) is 0 Å². The van der Waals surface area contributed by atoms with Crippen LogP contribution in [-0.4, -0.2) is 10.2 Å². The molecule has 0 amide bonds. The zero-order valence-electron chi connectivity index (χ0n) is 10.4. The second-order valence-corrected chi connectivity index (χ2v) is 6.64. The van der Waals surface area contributed by atoms with Gasteiger partial charge in [0.1, 0.15) is 5.01 Å². The summed E-state index contributed by atoms with van der Waals surface area (Å²) in [7, 11) is 0. The van der Waals surface area contributed by atoms with Crippen LogP contribution >= 0.6 is 34.7 Å². The molecule has 0 aliphatic rings. The first-order chi connectivity index (χ1) is 9.83. The molecule has 0 aliphatic carbocycles. The Morgan fingerprint density at radius 2 is 1.95 bits per heavy atom. The molecule has 0 spiro atoms. The highest BCUT2D eigenvalue weighted by Gasteiger charge is 2.10. The van der Waals surface area contributed by atoms with Crippen molar-refractivity contribution in [1.29, 1.82) is 0 Å². The standard InChI is InChI=1S/C15H10ClN2S2/c16-13-9-5-4-8-12(13)14-17-18-15(20-14)19-10-11-6-2-1-3-7-11/h1-6,8-9H,10H2. The van der Waals surface area contributed by atoms with Gasteiger partial charge in [0.05, 0.1) is 5.02 Å². The maximum Gasteiger partial charge on any atom is 0.174 e. The smallest absolute Gasteiger partial charge is 0.137 e. The molecule has 0 atom stereocenters. The fourth-order valence-electron chi connectivity index (χ4n) is 1.67. The highest BCUT2D eigenvalue weighted by Crippen LogP contribution is 2.34. The Hall–Kier alpha value is -1.36. The molecular weight excluding hydrogens is 308 g/mol. The summed E-state index contributed by atoms with van der Waals surface area (Å²) in [6.45, 7) is 0. The van der Waals surface area contributed by atoms with E-state index in [4.69, 9.17) is 11.6 Å². The van der Waals surface area contributed by atoms with E-state index in [0.717, 1.165) is 26.2 Å². The predicted octanol–water partition coefficient (Wildman–Crippen LogP) is 4.95. The summed E-state index contributed by atoms with van der Waals surface area (Å²) in [5.41, 5.74) is 2.09. The Morgan fingerprint density at radius 3 is 2.75 bits per heavy atom. The minimum Gasteiger partial charge on any atom is -0.137 e.